The van der Waals surface area contributed by atoms with Crippen LogP contribution in [0.2, 0.25) is 0 Å². The Hall–Kier alpha value is -2.49. The van der Waals surface area contributed by atoms with E-state index in [0.29, 0.717) is 18.8 Å². The summed E-state index contributed by atoms with van der Waals surface area (Å²) in [6.45, 7) is 3.07. The van der Waals surface area contributed by atoms with Crippen LogP contribution in [0.15, 0.2) is 47.4 Å². The Bertz CT molecular complexity index is 1020. The average molecular weight is 451 g/mol. The highest BCUT2D eigenvalue weighted by Gasteiger charge is 2.30. The van der Waals surface area contributed by atoms with Gasteiger partial charge < -0.3 is 14.4 Å². The number of benzene rings is 2. The number of methoxy groups -OCH3 is 1. The zero-order valence-corrected chi connectivity index (χ0v) is 18.7. The van der Waals surface area contributed by atoms with Crippen molar-refractivity contribution in [2.45, 2.75) is 24.3 Å². The molecular formula is C22H27FN2O5S. The summed E-state index contributed by atoms with van der Waals surface area (Å²) in [6.07, 6.45) is 0.0255. The van der Waals surface area contributed by atoms with Crippen LogP contribution in [0.5, 0.6) is 5.75 Å². The first-order valence-corrected chi connectivity index (χ1v) is 11.4. The highest BCUT2D eigenvalue weighted by atomic mass is 32.2. The number of ether oxygens (including phenoxy) is 2. The number of morpholine rings is 1. The van der Waals surface area contributed by atoms with E-state index in [2.05, 4.69) is 0 Å². The number of hydrogen-bond acceptors (Lipinski definition) is 5. The first kappa shape index (κ1) is 23.2. The maximum absolute atomic E-state index is 13.2. The second kappa shape index (κ2) is 9.76. The van der Waals surface area contributed by atoms with Gasteiger partial charge in [0.15, 0.2) is 0 Å². The molecule has 0 aliphatic carbocycles. The maximum Gasteiger partial charge on any atom is 0.246 e. The van der Waals surface area contributed by atoms with Crippen LogP contribution in [-0.4, -0.2) is 64.0 Å². The van der Waals surface area contributed by atoms with Crippen LogP contribution >= 0.6 is 0 Å². The Kier molecular flexibility index (Phi) is 7.30. The molecule has 0 bridgehead atoms. The minimum absolute atomic E-state index is 0.0255. The summed E-state index contributed by atoms with van der Waals surface area (Å²) in [7, 11) is -0.694. The van der Waals surface area contributed by atoms with Gasteiger partial charge >= 0.3 is 0 Å². The van der Waals surface area contributed by atoms with E-state index in [1.807, 2.05) is 6.92 Å². The van der Waals surface area contributed by atoms with Crippen LogP contribution in [0, 0.1) is 5.82 Å². The Morgan fingerprint density at radius 3 is 2.45 bits per heavy atom. The number of carbonyl (C=O) groups is 1. The molecule has 1 atom stereocenters. The Morgan fingerprint density at radius 2 is 1.84 bits per heavy atom. The molecule has 1 heterocycles. The van der Waals surface area contributed by atoms with E-state index in [4.69, 9.17) is 9.47 Å². The summed E-state index contributed by atoms with van der Waals surface area (Å²) in [5.41, 5.74) is 1.37. The van der Waals surface area contributed by atoms with Crippen molar-refractivity contribution in [3.05, 3.63) is 59.4 Å². The van der Waals surface area contributed by atoms with Crippen molar-refractivity contribution >= 4 is 15.9 Å². The van der Waals surface area contributed by atoms with Crippen LogP contribution in [0.4, 0.5) is 4.39 Å². The first-order valence-electron chi connectivity index (χ1n) is 10.00. The van der Waals surface area contributed by atoms with Gasteiger partial charge in [0, 0.05) is 20.1 Å². The summed E-state index contributed by atoms with van der Waals surface area (Å²) in [6, 6.07) is 10.5. The van der Waals surface area contributed by atoms with Crippen molar-refractivity contribution in [1.29, 1.82) is 0 Å². The third kappa shape index (κ3) is 5.23. The molecule has 1 fully saturated rings. The van der Waals surface area contributed by atoms with Crippen molar-refractivity contribution in [2.24, 2.45) is 0 Å². The molecule has 7 nitrogen and oxygen atoms in total. The molecule has 2 aromatic rings. The van der Waals surface area contributed by atoms with E-state index in [9.17, 15) is 17.6 Å². The quantitative estimate of drug-likeness (QED) is 0.648. The average Bonchev–Trinajstić information content (AvgIpc) is 2.79. The van der Waals surface area contributed by atoms with E-state index in [1.165, 1.54) is 29.6 Å². The van der Waals surface area contributed by atoms with Crippen molar-refractivity contribution in [3.8, 4) is 5.75 Å². The molecule has 1 unspecified atom stereocenters. The Morgan fingerprint density at radius 1 is 1.19 bits per heavy atom. The lowest BCUT2D eigenvalue weighted by molar-refractivity contribution is -0.131. The molecular weight excluding hydrogens is 423 g/mol. The van der Waals surface area contributed by atoms with Gasteiger partial charge in [-0.3, -0.25) is 4.79 Å². The molecule has 1 saturated heterocycles. The normalized spacial score (nSPS) is 16.0. The fourth-order valence-corrected chi connectivity index (χ4v) is 5.05. The first-order chi connectivity index (χ1) is 14.7. The minimum Gasteiger partial charge on any atom is -0.495 e. The standard InChI is InChI=1S/C22H27FN2O5S/c1-16(18-5-7-19(23)8-6-18)24(2)22(26)15-17-4-9-20(29-3)21(14-17)31(27,28)25-10-12-30-13-11-25/h4-9,14,16H,10-13,15H2,1-3H3. The van der Waals surface area contributed by atoms with Gasteiger partial charge in [0.1, 0.15) is 16.5 Å². The number of likely N-dealkylation sites (N-methyl/N-ethyl adjacent to an activating group) is 1. The van der Waals surface area contributed by atoms with Gasteiger partial charge in [0.2, 0.25) is 15.9 Å². The minimum atomic E-state index is -3.78. The van der Waals surface area contributed by atoms with Crippen LogP contribution in [0.1, 0.15) is 24.1 Å². The highest BCUT2D eigenvalue weighted by molar-refractivity contribution is 7.89. The molecule has 31 heavy (non-hydrogen) atoms. The molecule has 168 valence electrons. The molecule has 0 radical (unpaired) electrons. The monoisotopic (exact) mass is 450 g/mol. The Balaban J connectivity index is 1.80. The van der Waals surface area contributed by atoms with Crippen molar-refractivity contribution < 1.29 is 27.1 Å². The smallest absolute Gasteiger partial charge is 0.246 e. The third-order valence-corrected chi connectivity index (χ3v) is 7.42. The summed E-state index contributed by atoms with van der Waals surface area (Å²) in [5, 5.41) is 0. The van der Waals surface area contributed by atoms with Gasteiger partial charge in [-0.25, -0.2) is 12.8 Å². The van der Waals surface area contributed by atoms with Crippen LogP contribution in [0.3, 0.4) is 0 Å². The van der Waals surface area contributed by atoms with Gasteiger partial charge in [-0.2, -0.15) is 4.31 Å². The van der Waals surface area contributed by atoms with Gasteiger partial charge in [-0.05, 0) is 42.3 Å². The van der Waals surface area contributed by atoms with E-state index in [0.717, 1.165) is 5.56 Å². The van der Waals surface area contributed by atoms with E-state index < -0.39 is 10.0 Å². The molecule has 0 spiro atoms. The molecule has 1 aliphatic heterocycles. The van der Waals surface area contributed by atoms with Crippen molar-refractivity contribution in [1.82, 2.24) is 9.21 Å². The van der Waals surface area contributed by atoms with Crippen molar-refractivity contribution in [2.75, 3.05) is 40.5 Å². The number of nitrogens with zero attached hydrogens (tertiary/aromatic N) is 2. The number of hydrogen-bond donors (Lipinski definition) is 0. The van der Waals surface area contributed by atoms with Crippen LogP contribution < -0.4 is 4.74 Å². The lowest BCUT2D eigenvalue weighted by Crippen LogP contribution is -2.40. The van der Waals surface area contributed by atoms with Gasteiger partial charge in [-0.15, -0.1) is 0 Å². The maximum atomic E-state index is 13.2. The Labute approximate surface area is 182 Å². The summed E-state index contributed by atoms with van der Waals surface area (Å²) < 4.78 is 51.3. The molecule has 1 aliphatic rings. The summed E-state index contributed by atoms with van der Waals surface area (Å²) >= 11 is 0. The zero-order chi connectivity index (χ0) is 22.6. The topological polar surface area (TPSA) is 76.2 Å². The molecule has 0 aromatic heterocycles. The second-order valence-corrected chi connectivity index (χ2v) is 9.32. The highest BCUT2D eigenvalue weighted by Crippen LogP contribution is 2.29. The molecule has 0 N–H and O–H groups in total. The van der Waals surface area contributed by atoms with Gasteiger partial charge in [0.05, 0.1) is 32.8 Å². The fraction of sp³-hybridized carbons (Fsp3) is 0.409. The van der Waals surface area contributed by atoms with E-state index >= 15 is 0 Å². The number of sulfonamides is 1. The molecule has 3 rings (SSSR count). The third-order valence-electron chi connectivity index (χ3n) is 5.50. The lowest BCUT2D eigenvalue weighted by atomic mass is 10.1. The molecule has 0 saturated carbocycles. The van der Waals surface area contributed by atoms with Crippen molar-refractivity contribution in [3.63, 3.8) is 0 Å². The summed E-state index contributed by atoms with van der Waals surface area (Å²) in [4.78, 5) is 14.5. The largest absolute Gasteiger partial charge is 0.495 e. The van der Waals surface area contributed by atoms with Crippen LogP contribution in [-0.2, 0) is 26.0 Å². The number of amides is 1. The van der Waals surface area contributed by atoms with Gasteiger partial charge in [0.25, 0.3) is 0 Å². The lowest BCUT2D eigenvalue weighted by Gasteiger charge is -2.27. The summed E-state index contributed by atoms with van der Waals surface area (Å²) in [5.74, 6) is -0.287. The molecule has 2 aromatic carbocycles. The predicted octanol–water partition coefficient (Wildman–Crippen LogP) is 2.62. The number of rotatable bonds is 7. The van der Waals surface area contributed by atoms with E-state index in [-0.39, 0.29) is 47.9 Å². The predicted molar refractivity (Wildman–Crippen MR) is 114 cm³/mol. The van der Waals surface area contributed by atoms with Gasteiger partial charge in [-0.1, -0.05) is 18.2 Å². The SMILES string of the molecule is COc1ccc(CC(=O)N(C)C(C)c2ccc(F)cc2)cc1S(=O)(=O)N1CCOCC1. The van der Waals surface area contributed by atoms with Crippen LogP contribution in [0.25, 0.3) is 0 Å². The number of carbonyl (C=O) groups excluding carboxylic acids is 1. The second-order valence-electron chi connectivity index (χ2n) is 7.41. The van der Waals surface area contributed by atoms with E-state index in [1.54, 1.807) is 36.2 Å². The number of halogens is 1. The zero-order valence-electron chi connectivity index (χ0n) is 17.9. The molecule has 1 amide bonds. The fourth-order valence-electron chi connectivity index (χ4n) is 3.44. The molecule has 9 heteroatoms.